The largest absolute Gasteiger partial charge is 0.497 e. The van der Waals surface area contributed by atoms with Crippen LogP contribution in [-0.4, -0.2) is 32.0 Å². The molecule has 2 aromatic carbocycles. The van der Waals surface area contributed by atoms with E-state index in [1.807, 2.05) is 30.3 Å². The Morgan fingerprint density at radius 3 is 2.54 bits per heavy atom. The van der Waals surface area contributed by atoms with E-state index in [-0.39, 0.29) is 18.4 Å². The summed E-state index contributed by atoms with van der Waals surface area (Å²) in [6, 6.07) is 15.0. The molecule has 0 saturated carbocycles. The molecule has 2 N–H and O–H groups in total. The molecule has 0 unspecified atom stereocenters. The Morgan fingerprint density at radius 1 is 1.08 bits per heavy atom. The number of benzene rings is 2. The van der Waals surface area contributed by atoms with Crippen molar-refractivity contribution in [3.63, 3.8) is 0 Å². The molecule has 0 aromatic heterocycles. The lowest BCUT2D eigenvalue weighted by Gasteiger charge is -2.09. The van der Waals surface area contributed by atoms with Gasteiger partial charge < -0.3 is 15.4 Å². The Kier molecular flexibility index (Phi) is 6.81. The summed E-state index contributed by atoms with van der Waals surface area (Å²) in [5.41, 5.74) is 1.58. The van der Waals surface area contributed by atoms with Gasteiger partial charge in [-0.05, 0) is 46.1 Å². The first-order valence-electron chi connectivity index (χ1n) is 7.52. The second-order valence-corrected chi connectivity index (χ2v) is 5.97. The molecule has 0 saturated heterocycles. The van der Waals surface area contributed by atoms with Crippen molar-refractivity contribution in [2.24, 2.45) is 0 Å². The maximum absolute atomic E-state index is 12.2. The number of hydrogen-bond donors (Lipinski definition) is 2. The van der Waals surface area contributed by atoms with Gasteiger partial charge in [-0.25, -0.2) is 0 Å². The first-order chi connectivity index (χ1) is 11.6. The van der Waals surface area contributed by atoms with E-state index in [2.05, 4.69) is 26.6 Å². The molecule has 0 aliphatic carbocycles. The third-order valence-corrected chi connectivity index (χ3v) is 4.10. The molecule has 24 heavy (non-hydrogen) atoms. The molecular formula is C18H19BrN2O3. The molecule has 2 amide bonds. The zero-order valence-corrected chi connectivity index (χ0v) is 14.9. The van der Waals surface area contributed by atoms with E-state index in [4.69, 9.17) is 4.74 Å². The Morgan fingerprint density at radius 2 is 1.83 bits per heavy atom. The average Bonchev–Trinajstić information content (AvgIpc) is 2.61. The van der Waals surface area contributed by atoms with E-state index < -0.39 is 0 Å². The van der Waals surface area contributed by atoms with Crippen molar-refractivity contribution in [1.29, 1.82) is 0 Å². The number of nitrogens with one attached hydrogen (secondary N) is 2. The highest BCUT2D eigenvalue weighted by molar-refractivity contribution is 9.10. The van der Waals surface area contributed by atoms with Crippen LogP contribution in [0.15, 0.2) is 53.0 Å². The lowest BCUT2D eigenvalue weighted by Crippen LogP contribution is -2.37. The van der Waals surface area contributed by atoms with Crippen LogP contribution in [0.2, 0.25) is 0 Å². The summed E-state index contributed by atoms with van der Waals surface area (Å²) in [6.45, 7) is 0.457. The number of carbonyl (C=O) groups excluding carboxylic acids is 2. The third-order valence-electron chi connectivity index (χ3n) is 3.41. The maximum Gasteiger partial charge on any atom is 0.252 e. The van der Waals surface area contributed by atoms with Gasteiger partial charge >= 0.3 is 0 Å². The fourth-order valence-corrected chi connectivity index (χ4v) is 2.54. The Bertz CT molecular complexity index is 705. The normalized spacial score (nSPS) is 10.1. The number of rotatable bonds is 7. The monoisotopic (exact) mass is 390 g/mol. The van der Waals surface area contributed by atoms with Gasteiger partial charge in [-0.15, -0.1) is 0 Å². The van der Waals surface area contributed by atoms with Gasteiger partial charge in [0.05, 0.1) is 19.2 Å². The number of hydrogen-bond acceptors (Lipinski definition) is 3. The van der Waals surface area contributed by atoms with Crippen LogP contribution in [-0.2, 0) is 11.2 Å². The number of ether oxygens (including phenoxy) is 1. The van der Waals surface area contributed by atoms with Crippen molar-refractivity contribution < 1.29 is 14.3 Å². The van der Waals surface area contributed by atoms with Gasteiger partial charge in [-0.2, -0.15) is 0 Å². The van der Waals surface area contributed by atoms with E-state index >= 15 is 0 Å². The molecule has 0 aliphatic rings. The molecule has 0 bridgehead atoms. The molecule has 5 nitrogen and oxygen atoms in total. The van der Waals surface area contributed by atoms with Crippen molar-refractivity contribution in [3.8, 4) is 5.75 Å². The van der Waals surface area contributed by atoms with Gasteiger partial charge in [0.15, 0.2) is 0 Å². The molecule has 126 valence electrons. The predicted octanol–water partition coefficient (Wildman–Crippen LogP) is 2.55. The summed E-state index contributed by atoms with van der Waals surface area (Å²) in [4.78, 5) is 24.0. The van der Waals surface area contributed by atoms with Crippen LogP contribution >= 0.6 is 15.9 Å². The first kappa shape index (κ1) is 18.0. The first-order valence-corrected chi connectivity index (χ1v) is 8.32. The number of methoxy groups -OCH3 is 1. The lowest BCUT2D eigenvalue weighted by atomic mass is 10.1. The van der Waals surface area contributed by atoms with E-state index in [0.29, 0.717) is 22.3 Å². The van der Waals surface area contributed by atoms with Gasteiger partial charge in [-0.1, -0.05) is 30.3 Å². The molecule has 6 heteroatoms. The zero-order valence-electron chi connectivity index (χ0n) is 13.3. The van der Waals surface area contributed by atoms with Crippen molar-refractivity contribution >= 4 is 27.7 Å². The highest BCUT2D eigenvalue weighted by Gasteiger charge is 2.12. The number of amides is 2. The van der Waals surface area contributed by atoms with Crippen LogP contribution in [0.4, 0.5) is 0 Å². The molecule has 0 spiro atoms. The molecule has 0 aliphatic heterocycles. The molecule has 0 radical (unpaired) electrons. The highest BCUT2D eigenvalue weighted by atomic mass is 79.9. The zero-order chi connectivity index (χ0) is 17.4. The summed E-state index contributed by atoms with van der Waals surface area (Å²) in [5, 5.41) is 5.39. The fourth-order valence-electron chi connectivity index (χ4n) is 2.11. The lowest BCUT2D eigenvalue weighted by molar-refractivity contribution is -0.120. The summed E-state index contributed by atoms with van der Waals surface area (Å²) in [7, 11) is 1.53. The van der Waals surface area contributed by atoms with Gasteiger partial charge in [0.25, 0.3) is 5.91 Å². The predicted molar refractivity (Wildman–Crippen MR) is 96.2 cm³/mol. The second-order valence-electron chi connectivity index (χ2n) is 5.11. The molecule has 0 atom stereocenters. The average molecular weight is 391 g/mol. The van der Waals surface area contributed by atoms with Crippen molar-refractivity contribution in [1.82, 2.24) is 10.6 Å². The van der Waals surface area contributed by atoms with Crippen molar-refractivity contribution in [2.75, 3.05) is 20.2 Å². The molecular weight excluding hydrogens is 372 g/mol. The second kappa shape index (κ2) is 9.08. The molecule has 0 fully saturated rings. The standard InChI is InChI=1S/C18H19BrN2O3/c1-24-14-7-8-16(19)15(11-14)18(23)21-12-17(22)20-10-9-13-5-3-2-4-6-13/h2-8,11H,9-10,12H2,1H3,(H,20,22)(H,21,23). The van der Waals surface area contributed by atoms with Crippen LogP contribution in [0.25, 0.3) is 0 Å². The summed E-state index contributed by atoms with van der Waals surface area (Å²) in [5.74, 6) is 0.0212. The minimum Gasteiger partial charge on any atom is -0.497 e. The summed E-state index contributed by atoms with van der Waals surface area (Å²) >= 11 is 3.32. The fraction of sp³-hybridized carbons (Fsp3) is 0.222. The van der Waals surface area contributed by atoms with E-state index in [1.165, 1.54) is 7.11 Å². The van der Waals surface area contributed by atoms with Crippen LogP contribution in [0, 0.1) is 0 Å². The van der Waals surface area contributed by atoms with Gasteiger partial charge in [-0.3, -0.25) is 9.59 Å². The highest BCUT2D eigenvalue weighted by Crippen LogP contribution is 2.22. The quantitative estimate of drug-likeness (QED) is 0.763. The molecule has 2 aromatic rings. The van der Waals surface area contributed by atoms with Crippen LogP contribution < -0.4 is 15.4 Å². The van der Waals surface area contributed by atoms with E-state index in [9.17, 15) is 9.59 Å². The molecule has 2 rings (SSSR count). The minimum atomic E-state index is -0.334. The number of halogens is 1. The van der Waals surface area contributed by atoms with Crippen molar-refractivity contribution in [2.45, 2.75) is 6.42 Å². The van der Waals surface area contributed by atoms with Crippen LogP contribution in [0.3, 0.4) is 0 Å². The number of carbonyl (C=O) groups is 2. The van der Waals surface area contributed by atoms with Gasteiger partial charge in [0.2, 0.25) is 5.91 Å². The van der Waals surface area contributed by atoms with Crippen molar-refractivity contribution in [3.05, 3.63) is 64.1 Å². The minimum absolute atomic E-state index is 0.0722. The van der Waals surface area contributed by atoms with E-state index in [0.717, 1.165) is 12.0 Å². The Hall–Kier alpha value is -2.34. The Balaban J connectivity index is 1.78. The Labute approximate surface area is 149 Å². The van der Waals surface area contributed by atoms with Crippen LogP contribution in [0.5, 0.6) is 5.75 Å². The summed E-state index contributed by atoms with van der Waals surface area (Å²) < 4.78 is 5.74. The smallest absolute Gasteiger partial charge is 0.252 e. The maximum atomic E-state index is 12.2. The van der Waals surface area contributed by atoms with Crippen LogP contribution in [0.1, 0.15) is 15.9 Å². The van der Waals surface area contributed by atoms with Gasteiger partial charge in [0, 0.05) is 11.0 Å². The topological polar surface area (TPSA) is 67.4 Å². The van der Waals surface area contributed by atoms with Gasteiger partial charge in [0.1, 0.15) is 5.75 Å². The van der Waals surface area contributed by atoms with E-state index in [1.54, 1.807) is 18.2 Å². The molecule has 0 heterocycles. The third kappa shape index (κ3) is 5.38. The summed E-state index contributed by atoms with van der Waals surface area (Å²) in [6.07, 6.45) is 0.752. The SMILES string of the molecule is COc1ccc(Br)c(C(=O)NCC(=O)NCCc2ccccc2)c1.